The summed E-state index contributed by atoms with van der Waals surface area (Å²) in [5, 5.41) is 0. The second kappa shape index (κ2) is 7.85. The number of hydrogen-bond acceptors (Lipinski definition) is 4. The summed E-state index contributed by atoms with van der Waals surface area (Å²) in [6.45, 7) is 4.33. The van der Waals surface area contributed by atoms with E-state index in [9.17, 15) is 13.2 Å². The maximum Gasteiger partial charge on any atom is 0.240 e. The minimum atomic E-state index is -3.53. The van der Waals surface area contributed by atoms with Crippen LogP contribution in [0.2, 0.25) is 0 Å². The van der Waals surface area contributed by atoms with E-state index in [0.29, 0.717) is 50.5 Å². The first-order valence-electron chi connectivity index (χ1n) is 8.99. The summed E-state index contributed by atoms with van der Waals surface area (Å²) in [6, 6.07) is 5.08. The Hall–Kier alpha value is -1.44. The molecule has 1 fully saturated rings. The minimum Gasteiger partial charge on any atom is -0.380 e. The molecule has 0 radical (unpaired) electrons. The van der Waals surface area contributed by atoms with E-state index in [1.807, 2.05) is 11.0 Å². The summed E-state index contributed by atoms with van der Waals surface area (Å²) in [7, 11) is -3.53. The van der Waals surface area contributed by atoms with Crippen LogP contribution in [0.4, 0.5) is 0 Å². The number of amides is 1. The standard InChI is InChI=1S/C18H26N2O4S/c1-2-3-4-18(21)20-9-7-14-11-17(6-5-15(14)12-20)25(22,23)19-16-8-10-24-13-16/h5-6,11,16,19H,2-4,7-10,12-13H2,1H3/t16-/m1/s1. The molecule has 25 heavy (non-hydrogen) atoms. The van der Waals surface area contributed by atoms with Crippen molar-refractivity contribution in [1.29, 1.82) is 0 Å². The molecular weight excluding hydrogens is 340 g/mol. The van der Waals surface area contributed by atoms with Crippen molar-refractivity contribution in [2.45, 2.75) is 56.5 Å². The molecule has 0 aromatic heterocycles. The summed E-state index contributed by atoms with van der Waals surface area (Å²) >= 11 is 0. The van der Waals surface area contributed by atoms with E-state index in [-0.39, 0.29) is 11.9 Å². The summed E-state index contributed by atoms with van der Waals surface area (Å²) in [5.74, 6) is 0.187. The molecule has 0 bridgehead atoms. The number of unbranched alkanes of at least 4 members (excludes halogenated alkanes) is 1. The van der Waals surface area contributed by atoms with Gasteiger partial charge in [-0.3, -0.25) is 4.79 Å². The summed E-state index contributed by atoms with van der Waals surface area (Å²) in [4.78, 5) is 14.4. The lowest BCUT2D eigenvalue weighted by atomic mass is 9.99. The fourth-order valence-electron chi connectivity index (χ4n) is 3.31. The summed E-state index contributed by atoms with van der Waals surface area (Å²) in [6.07, 6.45) is 3.92. The zero-order valence-corrected chi connectivity index (χ0v) is 15.5. The molecule has 1 N–H and O–H groups in total. The second-order valence-corrected chi connectivity index (χ2v) is 8.50. The quantitative estimate of drug-likeness (QED) is 0.833. The van der Waals surface area contributed by atoms with Crippen LogP contribution in [0.5, 0.6) is 0 Å². The van der Waals surface area contributed by atoms with Gasteiger partial charge in [-0.15, -0.1) is 0 Å². The fraction of sp³-hybridized carbons (Fsp3) is 0.611. The SMILES string of the molecule is CCCCC(=O)N1CCc2cc(S(=O)(=O)N[C@@H]3CCOC3)ccc2C1. The molecule has 1 saturated heterocycles. The molecule has 2 aliphatic heterocycles. The van der Waals surface area contributed by atoms with Gasteiger partial charge in [0.05, 0.1) is 11.5 Å². The average Bonchev–Trinajstić information content (AvgIpc) is 3.11. The van der Waals surface area contributed by atoms with Gasteiger partial charge in [0, 0.05) is 32.2 Å². The Kier molecular flexibility index (Phi) is 5.76. The number of nitrogens with zero attached hydrogens (tertiary/aromatic N) is 1. The van der Waals surface area contributed by atoms with Gasteiger partial charge in [-0.1, -0.05) is 19.4 Å². The molecule has 138 valence electrons. The highest BCUT2D eigenvalue weighted by Crippen LogP contribution is 2.23. The lowest BCUT2D eigenvalue weighted by Gasteiger charge is -2.29. The summed E-state index contributed by atoms with van der Waals surface area (Å²) < 4.78 is 33.0. The number of hydrogen-bond donors (Lipinski definition) is 1. The fourth-order valence-corrected chi connectivity index (χ4v) is 4.62. The lowest BCUT2D eigenvalue weighted by Crippen LogP contribution is -2.37. The lowest BCUT2D eigenvalue weighted by molar-refractivity contribution is -0.132. The Labute approximate surface area is 149 Å². The Morgan fingerprint density at radius 2 is 2.20 bits per heavy atom. The van der Waals surface area contributed by atoms with Gasteiger partial charge in [-0.05, 0) is 42.5 Å². The molecule has 2 heterocycles. The van der Waals surface area contributed by atoms with Crippen molar-refractivity contribution in [3.05, 3.63) is 29.3 Å². The molecule has 0 unspecified atom stereocenters. The Bertz CT molecular complexity index is 727. The van der Waals surface area contributed by atoms with Crippen LogP contribution in [0, 0.1) is 0 Å². The van der Waals surface area contributed by atoms with E-state index in [1.165, 1.54) is 0 Å². The van der Waals surface area contributed by atoms with Gasteiger partial charge in [0.25, 0.3) is 0 Å². The third-order valence-electron chi connectivity index (χ3n) is 4.85. The molecule has 1 amide bonds. The van der Waals surface area contributed by atoms with Crippen molar-refractivity contribution in [1.82, 2.24) is 9.62 Å². The summed E-state index contributed by atoms with van der Waals surface area (Å²) in [5.41, 5.74) is 2.06. The van der Waals surface area contributed by atoms with Crippen LogP contribution in [-0.2, 0) is 32.5 Å². The third-order valence-corrected chi connectivity index (χ3v) is 6.37. The van der Waals surface area contributed by atoms with Gasteiger partial charge in [0.2, 0.25) is 15.9 Å². The molecule has 2 aliphatic rings. The number of ether oxygens (including phenoxy) is 1. The van der Waals surface area contributed by atoms with Crippen LogP contribution in [0.1, 0.15) is 43.7 Å². The Balaban J connectivity index is 1.70. The number of rotatable bonds is 6. The topological polar surface area (TPSA) is 75.7 Å². The number of benzene rings is 1. The Morgan fingerprint density at radius 1 is 1.36 bits per heavy atom. The highest BCUT2D eigenvalue weighted by Gasteiger charge is 2.26. The molecule has 0 spiro atoms. The molecule has 1 aromatic rings. The van der Waals surface area contributed by atoms with Crippen molar-refractivity contribution >= 4 is 15.9 Å². The predicted molar refractivity (Wildman–Crippen MR) is 94.6 cm³/mol. The van der Waals surface area contributed by atoms with E-state index in [0.717, 1.165) is 24.0 Å². The maximum absolute atomic E-state index is 12.5. The molecule has 6 nitrogen and oxygen atoms in total. The second-order valence-electron chi connectivity index (χ2n) is 6.78. The van der Waals surface area contributed by atoms with Gasteiger partial charge >= 0.3 is 0 Å². The van der Waals surface area contributed by atoms with E-state index < -0.39 is 10.0 Å². The van der Waals surface area contributed by atoms with Crippen molar-refractivity contribution < 1.29 is 17.9 Å². The normalized spacial score (nSPS) is 20.5. The van der Waals surface area contributed by atoms with E-state index in [2.05, 4.69) is 11.6 Å². The maximum atomic E-state index is 12.5. The molecule has 1 atom stereocenters. The monoisotopic (exact) mass is 366 g/mol. The van der Waals surface area contributed by atoms with E-state index in [4.69, 9.17) is 4.74 Å². The van der Waals surface area contributed by atoms with Crippen LogP contribution in [0.3, 0.4) is 0 Å². The van der Waals surface area contributed by atoms with E-state index in [1.54, 1.807) is 12.1 Å². The van der Waals surface area contributed by atoms with Gasteiger partial charge in [-0.2, -0.15) is 0 Å². The first kappa shape index (κ1) is 18.4. The minimum absolute atomic E-state index is 0.146. The van der Waals surface area contributed by atoms with Crippen LogP contribution < -0.4 is 4.72 Å². The highest BCUT2D eigenvalue weighted by molar-refractivity contribution is 7.89. The molecular formula is C18H26N2O4S. The van der Waals surface area contributed by atoms with Gasteiger partial charge < -0.3 is 9.64 Å². The molecule has 7 heteroatoms. The van der Waals surface area contributed by atoms with Crippen LogP contribution in [0.25, 0.3) is 0 Å². The van der Waals surface area contributed by atoms with Crippen LogP contribution in [0.15, 0.2) is 23.1 Å². The first-order valence-corrected chi connectivity index (χ1v) is 10.5. The molecule has 0 saturated carbocycles. The van der Waals surface area contributed by atoms with Crippen molar-refractivity contribution in [2.24, 2.45) is 0 Å². The number of nitrogens with one attached hydrogen (secondary N) is 1. The van der Waals surface area contributed by atoms with Gasteiger partial charge in [-0.25, -0.2) is 13.1 Å². The largest absolute Gasteiger partial charge is 0.380 e. The van der Waals surface area contributed by atoms with Crippen LogP contribution >= 0.6 is 0 Å². The molecule has 3 rings (SSSR count). The van der Waals surface area contributed by atoms with E-state index >= 15 is 0 Å². The molecule has 1 aromatic carbocycles. The predicted octanol–water partition coefficient (Wildman–Crippen LogP) is 1.83. The smallest absolute Gasteiger partial charge is 0.240 e. The first-order chi connectivity index (χ1) is 12.0. The third kappa shape index (κ3) is 4.40. The van der Waals surface area contributed by atoms with Gasteiger partial charge in [0.1, 0.15) is 0 Å². The Morgan fingerprint density at radius 3 is 2.92 bits per heavy atom. The number of carbonyl (C=O) groups is 1. The molecule has 0 aliphatic carbocycles. The number of sulfonamides is 1. The van der Waals surface area contributed by atoms with Crippen LogP contribution in [-0.4, -0.2) is 45.0 Å². The van der Waals surface area contributed by atoms with Gasteiger partial charge in [0.15, 0.2) is 0 Å². The average molecular weight is 366 g/mol. The number of carbonyl (C=O) groups excluding carboxylic acids is 1. The number of fused-ring (bicyclic) bond motifs is 1. The van der Waals surface area contributed by atoms with Crippen molar-refractivity contribution in [3.8, 4) is 0 Å². The highest BCUT2D eigenvalue weighted by atomic mass is 32.2. The zero-order valence-electron chi connectivity index (χ0n) is 14.7. The van der Waals surface area contributed by atoms with Crippen molar-refractivity contribution in [2.75, 3.05) is 19.8 Å². The van der Waals surface area contributed by atoms with Crippen molar-refractivity contribution in [3.63, 3.8) is 0 Å². The zero-order chi connectivity index (χ0) is 17.9.